The molecule has 1 rings (SSSR count). The maximum atomic E-state index is 10.8. The number of nitro groups is 1. The third kappa shape index (κ3) is 3.33. The van der Waals surface area contributed by atoms with E-state index in [1.165, 1.54) is 12.1 Å². The number of alkyl halides is 1. The lowest BCUT2D eigenvalue weighted by Gasteiger charge is -2.11. The van der Waals surface area contributed by atoms with Crippen molar-refractivity contribution < 1.29 is 9.66 Å². The first kappa shape index (κ1) is 13.3. The molecule has 0 saturated carbocycles. The third-order valence-electron chi connectivity index (χ3n) is 2.16. The number of hydrogen-bond acceptors (Lipinski definition) is 4. The van der Waals surface area contributed by atoms with E-state index < -0.39 is 11.0 Å². The lowest BCUT2D eigenvalue weighted by molar-refractivity contribution is -0.386. The van der Waals surface area contributed by atoms with Gasteiger partial charge in [0.2, 0.25) is 0 Å². The van der Waals surface area contributed by atoms with Gasteiger partial charge in [-0.15, -0.1) is 11.6 Å². The molecule has 90 valence electrons. The summed E-state index contributed by atoms with van der Waals surface area (Å²) in [6.07, 6.45) is -0.238. The summed E-state index contributed by atoms with van der Waals surface area (Å²) in [7, 11) is 0. The Morgan fingerprint density at radius 2 is 2.35 bits per heavy atom. The van der Waals surface area contributed by atoms with Gasteiger partial charge in [-0.2, -0.15) is 5.26 Å². The molecule has 5 nitrogen and oxygen atoms in total. The maximum absolute atomic E-state index is 10.8. The fourth-order valence-electron chi connectivity index (χ4n) is 1.24. The molecule has 0 aliphatic heterocycles. The SMILES string of the molecule is CCC(C#N)Oc1cc(CCl)ccc1[N+](=O)[O-]. The second-order valence-corrected chi connectivity index (χ2v) is 3.60. The van der Waals surface area contributed by atoms with Gasteiger partial charge in [0, 0.05) is 11.9 Å². The molecule has 0 N–H and O–H groups in total. The van der Waals surface area contributed by atoms with E-state index in [9.17, 15) is 10.1 Å². The number of ether oxygens (including phenoxy) is 1. The molecule has 0 heterocycles. The monoisotopic (exact) mass is 254 g/mol. The third-order valence-corrected chi connectivity index (χ3v) is 2.47. The van der Waals surface area contributed by atoms with Crippen molar-refractivity contribution in [3.05, 3.63) is 33.9 Å². The van der Waals surface area contributed by atoms with E-state index >= 15 is 0 Å². The summed E-state index contributed by atoms with van der Waals surface area (Å²) in [6, 6.07) is 6.31. The Labute approximate surface area is 104 Å². The predicted molar refractivity (Wildman–Crippen MR) is 63.0 cm³/mol. The van der Waals surface area contributed by atoms with E-state index in [-0.39, 0.29) is 17.3 Å². The van der Waals surface area contributed by atoms with Crippen molar-refractivity contribution in [2.24, 2.45) is 0 Å². The Morgan fingerprint density at radius 1 is 1.65 bits per heavy atom. The van der Waals surface area contributed by atoms with E-state index in [2.05, 4.69) is 0 Å². The van der Waals surface area contributed by atoms with Crippen LogP contribution in [0.4, 0.5) is 5.69 Å². The second kappa shape index (κ2) is 6.06. The van der Waals surface area contributed by atoms with E-state index in [1.54, 1.807) is 13.0 Å². The first-order chi connectivity index (χ1) is 8.12. The molecule has 0 bridgehead atoms. The highest BCUT2D eigenvalue weighted by Gasteiger charge is 2.18. The van der Waals surface area contributed by atoms with Crippen LogP contribution < -0.4 is 4.74 Å². The van der Waals surface area contributed by atoms with Crippen LogP contribution in [-0.4, -0.2) is 11.0 Å². The summed E-state index contributed by atoms with van der Waals surface area (Å²) in [6.45, 7) is 1.77. The van der Waals surface area contributed by atoms with Crippen LogP contribution in [0.2, 0.25) is 0 Å². The molecular formula is C11H11ClN2O3. The largest absolute Gasteiger partial charge is 0.468 e. The molecule has 1 atom stereocenters. The van der Waals surface area contributed by atoms with Crippen LogP contribution in [0.15, 0.2) is 18.2 Å². The normalized spacial score (nSPS) is 11.6. The zero-order chi connectivity index (χ0) is 12.8. The lowest BCUT2D eigenvalue weighted by Crippen LogP contribution is -2.13. The van der Waals surface area contributed by atoms with Crippen molar-refractivity contribution >= 4 is 17.3 Å². The van der Waals surface area contributed by atoms with Gasteiger partial charge in [0.05, 0.1) is 4.92 Å². The van der Waals surface area contributed by atoms with Crippen LogP contribution in [0, 0.1) is 21.4 Å². The van der Waals surface area contributed by atoms with Crippen molar-refractivity contribution in [2.75, 3.05) is 0 Å². The number of halogens is 1. The Bertz CT molecular complexity index is 457. The quantitative estimate of drug-likeness (QED) is 0.460. The zero-order valence-electron chi connectivity index (χ0n) is 9.22. The first-order valence-corrected chi connectivity index (χ1v) is 5.55. The highest BCUT2D eigenvalue weighted by molar-refractivity contribution is 6.17. The number of rotatable bonds is 5. The molecule has 0 aliphatic rings. The van der Waals surface area contributed by atoms with Crippen molar-refractivity contribution in [1.29, 1.82) is 5.26 Å². The molecule has 0 aliphatic carbocycles. The molecule has 0 aromatic heterocycles. The molecule has 0 radical (unpaired) electrons. The standard InChI is InChI=1S/C11H11ClN2O3/c1-2-9(7-13)17-11-5-8(6-12)3-4-10(11)14(15)16/h3-5,9H,2,6H2,1H3. The van der Waals surface area contributed by atoms with E-state index in [1.807, 2.05) is 6.07 Å². The minimum Gasteiger partial charge on any atom is -0.468 e. The summed E-state index contributed by atoms with van der Waals surface area (Å²) in [5.74, 6) is 0.319. The van der Waals surface area contributed by atoms with Crippen LogP contribution in [0.25, 0.3) is 0 Å². The van der Waals surface area contributed by atoms with Gasteiger partial charge in [-0.1, -0.05) is 13.0 Å². The van der Waals surface area contributed by atoms with Crippen molar-refractivity contribution in [3.8, 4) is 11.8 Å². The molecule has 0 fully saturated rings. The zero-order valence-corrected chi connectivity index (χ0v) is 9.98. The maximum Gasteiger partial charge on any atom is 0.310 e. The van der Waals surface area contributed by atoms with Gasteiger partial charge in [-0.05, 0) is 18.1 Å². The molecule has 0 saturated heterocycles. The number of hydrogen-bond donors (Lipinski definition) is 0. The summed E-state index contributed by atoms with van der Waals surface area (Å²) >= 11 is 5.64. The van der Waals surface area contributed by atoms with Gasteiger partial charge in [0.1, 0.15) is 6.07 Å². The van der Waals surface area contributed by atoms with Crippen molar-refractivity contribution in [3.63, 3.8) is 0 Å². The number of nitriles is 1. The molecule has 1 aromatic rings. The van der Waals surface area contributed by atoms with Crippen LogP contribution in [0.1, 0.15) is 18.9 Å². The van der Waals surface area contributed by atoms with Gasteiger partial charge in [-0.25, -0.2) is 0 Å². The van der Waals surface area contributed by atoms with Gasteiger partial charge in [-0.3, -0.25) is 10.1 Å². The molecular weight excluding hydrogens is 244 g/mol. The molecule has 0 amide bonds. The molecule has 1 aromatic carbocycles. The highest BCUT2D eigenvalue weighted by Crippen LogP contribution is 2.29. The van der Waals surface area contributed by atoms with Gasteiger partial charge in [0.25, 0.3) is 0 Å². The molecule has 1 unspecified atom stereocenters. The smallest absolute Gasteiger partial charge is 0.310 e. The Kier molecular flexibility index (Phi) is 4.73. The van der Waals surface area contributed by atoms with E-state index in [0.29, 0.717) is 12.0 Å². The van der Waals surface area contributed by atoms with Crippen LogP contribution in [0.3, 0.4) is 0 Å². The van der Waals surface area contributed by atoms with Gasteiger partial charge in [0.15, 0.2) is 11.9 Å². The van der Waals surface area contributed by atoms with E-state index in [4.69, 9.17) is 21.6 Å². The van der Waals surface area contributed by atoms with Crippen molar-refractivity contribution in [2.45, 2.75) is 25.3 Å². The van der Waals surface area contributed by atoms with Crippen molar-refractivity contribution in [1.82, 2.24) is 0 Å². The fourth-order valence-corrected chi connectivity index (χ4v) is 1.41. The van der Waals surface area contributed by atoms with Crippen LogP contribution in [0.5, 0.6) is 5.75 Å². The van der Waals surface area contributed by atoms with Gasteiger partial charge >= 0.3 is 5.69 Å². The average molecular weight is 255 g/mol. The highest BCUT2D eigenvalue weighted by atomic mass is 35.5. The van der Waals surface area contributed by atoms with Gasteiger partial charge < -0.3 is 4.74 Å². The fraction of sp³-hybridized carbons (Fsp3) is 0.364. The number of benzene rings is 1. The lowest BCUT2D eigenvalue weighted by atomic mass is 10.2. The summed E-state index contributed by atoms with van der Waals surface area (Å²) < 4.78 is 5.29. The Hall–Kier alpha value is -1.80. The summed E-state index contributed by atoms with van der Waals surface area (Å²) in [5, 5.41) is 19.6. The Balaban J connectivity index is 3.09. The average Bonchev–Trinajstić information content (AvgIpc) is 2.35. The van der Waals surface area contributed by atoms with E-state index in [0.717, 1.165) is 0 Å². The van der Waals surface area contributed by atoms with Crippen LogP contribution in [-0.2, 0) is 5.88 Å². The summed E-state index contributed by atoms with van der Waals surface area (Å²) in [5.41, 5.74) is 0.549. The Morgan fingerprint density at radius 3 is 2.82 bits per heavy atom. The molecule has 6 heteroatoms. The van der Waals surface area contributed by atoms with Crippen LogP contribution >= 0.6 is 11.6 Å². The minimum absolute atomic E-state index is 0.0848. The molecule has 17 heavy (non-hydrogen) atoms. The topological polar surface area (TPSA) is 76.2 Å². The molecule has 0 spiro atoms. The first-order valence-electron chi connectivity index (χ1n) is 5.02. The number of nitrogens with zero attached hydrogens (tertiary/aromatic N) is 2. The second-order valence-electron chi connectivity index (χ2n) is 3.34. The minimum atomic E-state index is -0.695. The summed E-state index contributed by atoms with van der Waals surface area (Å²) in [4.78, 5) is 10.2. The number of nitro benzene ring substituents is 1. The predicted octanol–water partition coefficient (Wildman–Crippen LogP) is 3.01.